The molecule has 1 aliphatic heterocycles. The smallest absolute Gasteiger partial charge is 0.339 e. The summed E-state index contributed by atoms with van der Waals surface area (Å²) in [4.78, 5) is 28.7. The van der Waals surface area contributed by atoms with Crippen molar-refractivity contribution in [2.45, 2.75) is 13.0 Å². The number of carbonyl (C=O) groups is 2. The number of ether oxygens (including phenoxy) is 1. The Morgan fingerprint density at radius 3 is 2.95 bits per heavy atom. The highest BCUT2D eigenvalue weighted by Gasteiger charge is 2.29. The second-order valence-corrected chi connectivity index (χ2v) is 5.40. The second-order valence-electron chi connectivity index (χ2n) is 4.25. The largest absolute Gasteiger partial charge is 0.480 e. The molecule has 0 radical (unpaired) electrons. The predicted octanol–water partition coefficient (Wildman–Crippen LogP) is 1.26. The molecule has 0 aromatic carbocycles. The number of rotatable bonds is 4. The average molecular weight is 296 g/mol. The molecule has 2 heterocycles. The highest BCUT2D eigenvalue weighted by atomic mass is 32.2. The van der Waals surface area contributed by atoms with Crippen molar-refractivity contribution in [1.82, 2.24) is 4.98 Å². The van der Waals surface area contributed by atoms with Crippen molar-refractivity contribution in [1.29, 1.82) is 0 Å². The van der Waals surface area contributed by atoms with Gasteiger partial charge in [-0.2, -0.15) is 11.8 Å². The molecule has 1 aliphatic rings. The van der Waals surface area contributed by atoms with Crippen molar-refractivity contribution in [3.8, 4) is 0 Å². The van der Waals surface area contributed by atoms with Crippen LogP contribution in [0.15, 0.2) is 18.3 Å². The van der Waals surface area contributed by atoms with E-state index in [4.69, 9.17) is 4.74 Å². The van der Waals surface area contributed by atoms with Crippen LogP contribution in [0.25, 0.3) is 0 Å². The number of nitrogens with zero attached hydrogens (tertiary/aromatic N) is 2. The first-order valence-corrected chi connectivity index (χ1v) is 7.49. The van der Waals surface area contributed by atoms with Crippen LogP contribution in [0.4, 0.5) is 5.82 Å². The summed E-state index contributed by atoms with van der Waals surface area (Å²) in [6, 6.07) is 2.70. The Hall–Kier alpha value is -1.76. The van der Waals surface area contributed by atoms with Gasteiger partial charge in [0.05, 0.1) is 12.2 Å². The summed E-state index contributed by atoms with van der Waals surface area (Å²) in [6.07, 6.45) is 1.42. The number of carboxylic acids is 1. The van der Waals surface area contributed by atoms with Gasteiger partial charge in [0, 0.05) is 24.2 Å². The fourth-order valence-electron chi connectivity index (χ4n) is 1.97. The van der Waals surface area contributed by atoms with Gasteiger partial charge in [-0.25, -0.2) is 14.6 Å². The molecule has 2 rings (SSSR count). The van der Waals surface area contributed by atoms with Gasteiger partial charge in [0.25, 0.3) is 0 Å². The minimum Gasteiger partial charge on any atom is -0.480 e. The number of anilines is 1. The van der Waals surface area contributed by atoms with Gasteiger partial charge in [0.15, 0.2) is 0 Å². The fourth-order valence-corrected chi connectivity index (χ4v) is 3.01. The van der Waals surface area contributed by atoms with Crippen molar-refractivity contribution in [2.24, 2.45) is 0 Å². The Labute approximate surface area is 121 Å². The highest BCUT2D eigenvalue weighted by Crippen LogP contribution is 2.22. The van der Waals surface area contributed by atoms with Crippen LogP contribution in [-0.4, -0.2) is 52.7 Å². The lowest BCUT2D eigenvalue weighted by molar-refractivity contribution is -0.138. The summed E-state index contributed by atoms with van der Waals surface area (Å²) < 4.78 is 4.88. The summed E-state index contributed by atoms with van der Waals surface area (Å²) in [7, 11) is 0. The van der Waals surface area contributed by atoms with Crippen LogP contribution in [0, 0.1) is 0 Å². The number of hydrogen-bond acceptors (Lipinski definition) is 6. The monoisotopic (exact) mass is 296 g/mol. The number of aliphatic carboxylic acids is 1. The predicted molar refractivity (Wildman–Crippen MR) is 76.3 cm³/mol. The Kier molecular flexibility index (Phi) is 4.84. The normalized spacial score (nSPS) is 18.6. The van der Waals surface area contributed by atoms with E-state index in [9.17, 15) is 14.7 Å². The van der Waals surface area contributed by atoms with Crippen LogP contribution in [0.5, 0.6) is 0 Å². The lowest BCUT2D eigenvalue weighted by atomic mass is 10.2. The van der Waals surface area contributed by atoms with E-state index in [1.807, 2.05) is 0 Å². The fraction of sp³-hybridized carbons (Fsp3) is 0.462. The van der Waals surface area contributed by atoms with Gasteiger partial charge in [-0.1, -0.05) is 0 Å². The van der Waals surface area contributed by atoms with Crippen molar-refractivity contribution >= 4 is 29.5 Å². The maximum atomic E-state index is 11.5. The van der Waals surface area contributed by atoms with Gasteiger partial charge in [0.1, 0.15) is 11.9 Å². The summed E-state index contributed by atoms with van der Waals surface area (Å²) >= 11 is 1.62. The third-order valence-electron chi connectivity index (χ3n) is 2.97. The molecule has 0 spiro atoms. The van der Waals surface area contributed by atoms with Crippen LogP contribution in [0.2, 0.25) is 0 Å². The van der Waals surface area contributed by atoms with Crippen LogP contribution < -0.4 is 4.90 Å². The molecule has 7 heteroatoms. The molecule has 1 saturated heterocycles. The Balaban J connectivity index is 2.15. The van der Waals surface area contributed by atoms with Crippen molar-refractivity contribution in [3.63, 3.8) is 0 Å². The number of carboxylic acid groups (broad SMARTS) is 1. The SMILES string of the molecule is CCOC(=O)c1ccc(N2CCSCC2C(=O)O)nc1. The molecule has 1 fully saturated rings. The zero-order valence-corrected chi connectivity index (χ0v) is 11.9. The van der Waals surface area contributed by atoms with Gasteiger partial charge >= 0.3 is 11.9 Å². The van der Waals surface area contributed by atoms with Gasteiger partial charge in [-0.05, 0) is 19.1 Å². The number of aromatic nitrogens is 1. The minimum atomic E-state index is -0.853. The van der Waals surface area contributed by atoms with Gasteiger partial charge in [-0.15, -0.1) is 0 Å². The van der Waals surface area contributed by atoms with E-state index in [2.05, 4.69) is 4.98 Å². The minimum absolute atomic E-state index is 0.311. The first kappa shape index (κ1) is 14.6. The van der Waals surface area contributed by atoms with E-state index in [1.54, 1.807) is 35.7 Å². The summed E-state index contributed by atoms with van der Waals surface area (Å²) in [5.41, 5.74) is 0.369. The first-order valence-electron chi connectivity index (χ1n) is 6.34. The van der Waals surface area contributed by atoms with E-state index >= 15 is 0 Å². The summed E-state index contributed by atoms with van der Waals surface area (Å²) in [5, 5.41) is 9.23. The second kappa shape index (κ2) is 6.60. The Morgan fingerprint density at radius 2 is 2.35 bits per heavy atom. The molecule has 0 aliphatic carbocycles. The average Bonchev–Trinajstić information content (AvgIpc) is 2.47. The highest BCUT2D eigenvalue weighted by molar-refractivity contribution is 7.99. The molecular formula is C13H16N2O4S. The number of hydrogen-bond donors (Lipinski definition) is 1. The number of pyridine rings is 1. The molecule has 0 saturated carbocycles. The maximum absolute atomic E-state index is 11.5. The quantitative estimate of drug-likeness (QED) is 0.838. The van der Waals surface area contributed by atoms with Crippen LogP contribution in [-0.2, 0) is 9.53 Å². The molecule has 1 atom stereocenters. The van der Waals surface area contributed by atoms with Crippen molar-refractivity contribution in [2.75, 3.05) is 29.6 Å². The zero-order valence-electron chi connectivity index (χ0n) is 11.1. The Bertz CT molecular complexity index is 492. The Morgan fingerprint density at radius 1 is 1.55 bits per heavy atom. The molecule has 108 valence electrons. The number of thioether (sulfide) groups is 1. The van der Waals surface area contributed by atoms with E-state index in [0.29, 0.717) is 30.3 Å². The summed E-state index contributed by atoms with van der Waals surface area (Å²) in [6.45, 7) is 2.68. The molecule has 0 bridgehead atoms. The van der Waals surface area contributed by atoms with E-state index in [0.717, 1.165) is 5.75 Å². The molecule has 0 amide bonds. The maximum Gasteiger partial charge on any atom is 0.339 e. The molecule has 20 heavy (non-hydrogen) atoms. The van der Waals surface area contributed by atoms with Gasteiger partial charge < -0.3 is 14.7 Å². The van der Waals surface area contributed by atoms with Crippen LogP contribution >= 0.6 is 11.8 Å². The van der Waals surface area contributed by atoms with Crippen LogP contribution in [0.1, 0.15) is 17.3 Å². The zero-order chi connectivity index (χ0) is 14.5. The number of esters is 1. The third kappa shape index (κ3) is 3.22. The lowest BCUT2D eigenvalue weighted by Crippen LogP contribution is -2.47. The third-order valence-corrected chi connectivity index (χ3v) is 3.99. The molecule has 1 N–H and O–H groups in total. The van der Waals surface area contributed by atoms with Crippen molar-refractivity contribution < 1.29 is 19.4 Å². The first-order chi connectivity index (χ1) is 9.63. The molecular weight excluding hydrogens is 280 g/mol. The summed E-state index contributed by atoms with van der Waals surface area (Å²) in [5.74, 6) is 0.705. The molecule has 6 nitrogen and oxygen atoms in total. The van der Waals surface area contributed by atoms with Gasteiger partial charge in [0.2, 0.25) is 0 Å². The topological polar surface area (TPSA) is 79.7 Å². The lowest BCUT2D eigenvalue weighted by Gasteiger charge is -2.33. The van der Waals surface area contributed by atoms with Gasteiger partial charge in [-0.3, -0.25) is 0 Å². The van der Waals surface area contributed by atoms with E-state index in [1.165, 1.54) is 6.20 Å². The molecule has 1 aromatic heterocycles. The van der Waals surface area contributed by atoms with E-state index < -0.39 is 18.0 Å². The number of carbonyl (C=O) groups excluding carboxylic acids is 1. The van der Waals surface area contributed by atoms with Crippen LogP contribution in [0.3, 0.4) is 0 Å². The standard InChI is InChI=1S/C13H16N2O4S/c1-2-19-13(18)9-3-4-11(14-7-9)15-5-6-20-8-10(15)12(16)17/h3-4,7,10H,2,5-6,8H2,1H3,(H,16,17). The van der Waals surface area contributed by atoms with E-state index in [-0.39, 0.29) is 0 Å². The molecule has 1 unspecified atom stereocenters. The van der Waals surface area contributed by atoms with Crippen molar-refractivity contribution in [3.05, 3.63) is 23.9 Å². The molecule has 1 aromatic rings.